The Bertz CT molecular complexity index is 794. The lowest BCUT2D eigenvalue weighted by atomic mass is 10.1. The van der Waals surface area contributed by atoms with Gasteiger partial charge in [-0.2, -0.15) is 0 Å². The van der Waals surface area contributed by atoms with E-state index in [4.69, 9.17) is 9.47 Å². The Balaban J connectivity index is 1.97. The molecule has 0 aromatic heterocycles. The molecule has 138 valence electrons. The van der Waals surface area contributed by atoms with Crippen molar-refractivity contribution in [2.45, 2.75) is 19.5 Å². The Morgan fingerprint density at radius 1 is 1.19 bits per heavy atom. The fourth-order valence-corrected chi connectivity index (χ4v) is 2.46. The molecule has 0 aliphatic rings. The van der Waals surface area contributed by atoms with Crippen LogP contribution >= 0.6 is 0 Å². The van der Waals surface area contributed by atoms with Gasteiger partial charge in [0.15, 0.2) is 0 Å². The molecular weight excluding hydrogens is 338 g/mol. The van der Waals surface area contributed by atoms with Gasteiger partial charge in [-0.15, -0.1) is 0 Å². The van der Waals surface area contributed by atoms with E-state index in [1.54, 1.807) is 38.5 Å². The number of non-ortho nitro benzene ring substituents is 1. The Morgan fingerprint density at radius 2 is 1.96 bits per heavy atom. The zero-order chi connectivity index (χ0) is 19.1. The maximum atomic E-state index is 12.1. The topological polar surface area (TPSA) is 103 Å². The van der Waals surface area contributed by atoms with Crippen molar-refractivity contribution in [2.24, 2.45) is 0 Å². The average molecular weight is 359 g/mol. The molecule has 0 aliphatic heterocycles. The number of urea groups is 1. The molecule has 0 fully saturated rings. The lowest BCUT2D eigenvalue weighted by Crippen LogP contribution is -2.36. The first kappa shape index (κ1) is 19.0. The van der Waals surface area contributed by atoms with E-state index < -0.39 is 4.92 Å². The van der Waals surface area contributed by atoms with E-state index in [1.807, 2.05) is 13.0 Å². The average Bonchev–Trinajstić information content (AvgIpc) is 2.65. The van der Waals surface area contributed by atoms with Crippen molar-refractivity contribution in [3.8, 4) is 11.5 Å². The zero-order valence-corrected chi connectivity index (χ0v) is 14.8. The molecule has 0 saturated heterocycles. The third-order valence-corrected chi connectivity index (χ3v) is 3.83. The molecule has 2 aromatic carbocycles. The van der Waals surface area contributed by atoms with E-state index in [9.17, 15) is 14.9 Å². The molecule has 0 heterocycles. The van der Waals surface area contributed by atoms with Crippen LogP contribution in [0.25, 0.3) is 0 Å². The van der Waals surface area contributed by atoms with Gasteiger partial charge in [-0.25, -0.2) is 4.79 Å². The number of ether oxygens (including phenoxy) is 2. The van der Waals surface area contributed by atoms with Gasteiger partial charge in [0.1, 0.15) is 11.5 Å². The van der Waals surface area contributed by atoms with E-state index in [-0.39, 0.29) is 24.3 Å². The number of benzene rings is 2. The number of hydrogen-bond donors (Lipinski definition) is 2. The third-order valence-electron chi connectivity index (χ3n) is 3.83. The number of amides is 2. The van der Waals surface area contributed by atoms with Crippen LogP contribution in [-0.4, -0.2) is 25.2 Å². The number of hydrogen-bond acceptors (Lipinski definition) is 5. The fourth-order valence-electron chi connectivity index (χ4n) is 2.46. The first-order valence-electron chi connectivity index (χ1n) is 7.94. The highest BCUT2D eigenvalue weighted by molar-refractivity contribution is 5.74. The van der Waals surface area contributed by atoms with Crippen LogP contribution in [0, 0.1) is 10.1 Å². The van der Waals surface area contributed by atoms with Crippen LogP contribution in [0.4, 0.5) is 10.5 Å². The monoisotopic (exact) mass is 359 g/mol. The Kier molecular flexibility index (Phi) is 6.37. The summed E-state index contributed by atoms with van der Waals surface area (Å²) >= 11 is 0. The van der Waals surface area contributed by atoms with Gasteiger partial charge in [0.25, 0.3) is 5.69 Å². The van der Waals surface area contributed by atoms with Crippen molar-refractivity contribution in [1.29, 1.82) is 0 Å². The summed E-state index contributed by atoms with van der Waals surface area (Å²) in [7, 11) is 3.12. The summed E-state index contributed by atoms with van der Waals surface area (Å²) in [4.78, 5) is 22.4. The van der Waals surface area contributed by atoms with E-state index in [0.717, 1.165) is 5.56 Å². The predicted octanol–water partition coefficient (Wildman–Crippen LogP) is 3.17. The molecule has 8 nitrogen and oxygen atoms in total. The molecule has 1 unspecified atom stereocenters. The maximum absolute atomic E-state index is 12.1. The summed E-state index contributed by atoms with van der Waals surface area (Å²) in [6.45, 7) is 2.01. The first-order valence-corrected chi connectivity index (χ1v) is 7.94. The highest BCUT2D eigenvalue weighted by atomic mass is 16.6. The number of nitrogens with one attached hydrogen (secondary N) is 2. The minimum atomic E-state index is -0.471. The van der Waals surface area contributed by atoms with Crippen molar-refractivity contribution in [3.05, 3.63) is 63.7 Å². The highest BCUT2D eigenvalue weighted by Gasteiger charge is 2.15. The van der Waals surface area contributed by atoms with Crippen molar-refractivity contribution < 1.29 is 19.2 Å². The molecule has 0 aliphatic carbocycles. The summed E-state index contributed by atoms with van der Waals surface area (Å²) in [6, 6.07) is 10.8. The largest absolute Gasteiger partial charge is 0.497 e. The predicted molar refractivity (Wildman–Crippen MR) is 96.4 cm³/mol. The zero-order valence-electron chi connectivity index (χ0n) is 14.8. The van der Waals surface area contributed by atoms with Gasteiger partial charge < -0.3 is 20.1 Å². The van der Waals surface area contributed by atoms with Gasteiger partial charge in [-0.05, 0) is 24.6 Å². The van der Waals surface area contributed by atoms with Crippen molar-refractivity contribution >= 4 is 11.7 Å². The Labute approximate surface area is 151 Å². The number of rotatable bonds is 7. The van der Waals surface area contributed by atoms with E-state index in [2.05, 4.69) is 10.6 Å². The molecule has 2 aromatic rings. The summed E-state index contributed by atoms with van der Waals surface area (Å²) in [5.41, 5.74) is 1.43. The van der Waals surface area contributed by atoms with Gasteiger partial charge in [0, 0.05) is 30.3 Å². The van der Waals surface area contributed by atoms with E-state index in [0.29, 0.717) is 17.1 Å². The summed E-state index contributed by atoms with van der Waals surface area (Å²) in [5, 5.41) is 16.3. The second kappa shape index (κ2) is 8.70. The normalized spacial score (nSPS) is 11.3. The van der Waals surface area contributed by atoms with Crippen LogP contribution in [0.1, 0.15) is 24.1 Å². The lowest BCUT2D eigenvalue weighted by Gasteiger charge is -2.18. The van der Waals surface area contributed by atoms with Crippen LogP contribution in [0.3, 0.4) is 0 Å². The smallest absolute Gasteiger partial charge is 0.315 e. The molecule has 1 atom stereocenters. The van der Waals surface area contributed by atoms with Gasteiger partial charge >= 0.3 is 6.03 Å². The standard InChI is InChI=1S/C18H21N3O5/c1-12(16-8-7-15(25-2)10-17(16)26-3)20-18(22)19-11-13-5-4-6-14(9-13)21(23)24/h4-10,12H,11H2,1-3H3,(H2,19,20,22). The molecular formula is C18H21N3O5. The quantitative estimate of drug-likeness (QED) is 0.584. The van der Waals surface area contributed by atoms with Crippen LogP contribution < -0.4 is 20.1 Å². The maximum Gasteiger partial charge on any atom is 0.315 e. The molecule has 2 rings (SSSR count). The second-order valence-corrected chi connectivity index (χ2v) is 5.58. The molecule has 26 heavy (non-hydrogen) atoms. The van der Waals surface area contributed by atoms with Gasteiger partial charge in [0.05, 0.1) is 25.2 Å². The van der Waals surface area contributed by atoms with Gasteiger partial charge in [-0.1, -0.05) is 12.1 Å². The number of methoxy groups -OCH3 is 2. The van der Waals surface area contributed by atoms with Crippen molar-refractivity contribution in [1.82, 2.24) is 10.6 Å². The summed E-state index contributed by atoms with van der Waals surface area (Å²) in [5.74, 6) is 1.27. The number of nitrogens with zero attached hydrogens (tertiary/aromatic N) is 1. The number of nitro groups is 1. The molecule has 0 saturated carbocycles. The van der Waals surface area contributed by atoms with Gasteiger partial charge in [0.2, 0.25) is 0 Å². The number of carbonyl (C=O) groups excluding carboxylic acids is 1. The minimum Gasteiger partial charge on any atom is -0.497 e. The minimum absolute atomic E-state index is 0.0129. The fraction of sp³-hybridized carbons (Fsp3) is 0.278. The Morgan fingerprint density at radius 3 is 2.62 bits per heavy atom. The van der Waals surface area contributed by atoms with Gasteiger partial charge in [-0.3, -0.25) is 10.1 Å². The lowest BCUT2D eigenvalue weighted by molar-refractivity contribution is -0.384. The molecule has 0 spiro atoms. The van der Waals surface area contributed by atoms with E-state index in [1.165, 1.54) is 12.1 Å². The van der Waals surface area contributed by atoms with Crippen LogP contribution in [0.15, 0.2) is 42.5 Å². The van der Waals surface area contributed by atoms with Crippen LogP contribution in [0.2, 0.25) is 0 Å². The third kappa shape index (κ3) is 4.85. The van der Waals surface area contributed by atoms with Crippen molar-refractivity contribution in [2.75, 3.05) is 14.2 Å². The number of nitro benzene ring substituents is 1. The number of carbonyl (C=O) groups is 1. The molecule has 0 radical (unpaired) electrons. The Hall–Kier alpha value is -3.29. The highest BCUT2D eigenvalue weighted by Crippen LogP contribution is 2.29. The van der Waals surface area contributed by atoms with E-state index >= 15 is 0 Å². The van der Waals surface area contributed by atoms with Crippen LogP contribution in [0.5, 0.6) is 11.5 Å². The van der Waals surface area contributed by atoms with Crippen LogP contribution in [-0.2, 0) is 6.54 Å². The molecule has 8 heteroatoms. The second-order valence-electron chi connectivity index (χ2n) is 5.58. The summed E-state index contributed by atoms with van der Waals surface area (Å²) < 4.78 is 10.5. The SMILES string of the molecule is COc1ccc(C(C)NC(=O)NCc2cccc([N+](=O)[O-])c2)c(OC)c1. The molecule has 0 bridgehead atoms. The van der Waals surface area contributed by atoms with Crippen molar-refractivity contribution in [3.63, 3.8) is 0 Å². The summed E-state index contributed by atoms with van der Waals surface area (Å²) in [6.07, 6.45) is 0. The molecule has 2 amide bonds. The first-order chi connectivity index (χ1) is 12.4. The molecule has 2 N–H and O–H groups in total.